The minimum absolute atomic E-state index is 0.0376. The first-order valence-corrected chi connectivity index (χ1v) is 9.74. The second kappa shape index (κ2) is 10.9. The van der Waals surface area contributed by atoms with Crippen molar-refractivity contribution in [2.75, 3.05) is 18.5 Å². The summed E-state index contributed by atoms with van der Waals surface area (Å²) in [5, 5.41) is 2.86. The van der Waals surface area contributed by atoms with Crippen molar-refractivity contribution in [2.45, 2.75) is 72.5 Å². The fourth-order valence-electron chi connectivity index (χ4n) is 2.69. The van der Waals surface area contributed by atoms with Crippen molar-refractivity contribution >= 4 is 17.6 Å². The Morgan fingerprint density at radius 3 is 2.41 bits per heavy atom. The van der Waals surface area contributed by atoms with Gasteiger partial charge in [-0.05, 0) is 58.7 Å². The molecule has 0 aliphatic rings. The van der Waals surface area contributed by atoms with Gasteiger partial charge >= 0.3 is 5.97 Å². The highest BCUT2D eigenvalue weighted by Crippen LogP contribution is 2.27. The quantitative estimate of drug-likeness (QED) is 0.570. The number of hydrogen-bond acceptors (Lipinski definition) is 5. The Hall–Kier alpha value is -2.08. The fraction of sp³-hybridized carbons (Fsp3) is 0.619. The van der Waals surface area contributed by atoms with Crippen molar-refractivity contribution in [3.8, 4) is 5.75 Å². The van der Waals surface area contributed by atoms with Gasteiger partial charge in [-0.25, -0.2) is 4.79 Å². The van der Waals surface area contributed by atoms with Crippen LogP contribution in [0, 0.1) is 0 Å². The Morgan fingerprint density at radius 1 is 1.15 bits per heavy atom. The summed E-state index contributed by atoms with van der Waals surface area (Å²) in [5.74, 6) is -0.272. The van der Waals surface area contributed by atoms with Crippen LogP contribution in [0.1, 0.15) is 71.2 Å². The molecule has 152 valence electrons. The number of rotatable bonds is 11. The number of benzene rings is 1. The van der Waals surface area contributed by atoms with E-state index in [-0.39, 0.29) is 18.6 Å². The van der Waals surface area contributed by atoms with Gasteiger partial charge in [0.05, 0.1) is 12.7 Å². The Labute approximate surface area is 162 Å². The van der Waals surface area contributed by atoms with Crippen molar-refractivity contribution in [3.05, 3.63) is 23.8 Å². The molecule has 0 radical (unpaired) electrons. The highest BCUT2D eigenvalue weighted by atomic mass is 16.5. The van der Waals surface area contributed by atoms with Gasteiger partial charge < -0.3 is 19.5 Å². The number of esters is 1. The van der Waals surface area contributed by atoms with E-state index < -0.39 is 11.6 Å². The fourth-order valence-corrected chi connectivity index (χ4v) is 2.69. The van der Waals surface area contributed by atoms with Gasteiger partial charge in [0.1, 0.15) is 16.9 Å². The molecule has 2 atom stereocenters. The summed E-state index contributed by atoms with van der Waals surface area (Å²) < 4.78 is 16.6. The van der Waals surface area contributed by atoms with E-state index in [2.05, 4.69) is 5.32 Å². The second-order valence-corrected chi connectivity index (χ2v) is 6.64. The molecule has 0 spiro atoms. The van der Waals surface area contributed by atoms with E-state index in [4.69, 9.17) is 14.2 Å². The maximum Gasteiger partial charge on any atom is 0.341 e. The maximum absolute atomic E-state index is 12.7. The summed E-state index contributed by atoms with van der Waals surface area (Å²) in [6.45, 7) is 12.0. The molecule has 0 saturated heterocycles. The molecule has 0 fully saturated rings. The summed E-state index contributed by atoms with van der Waals surface area (Å²) in [7, 11) is 0. The molecule has 6 heteroatoms. The lowest BCUT2D eigenvalue weighted by Crippen LogP contribution is -2.42. The van der Waals surface area contributed by atoms with Gasteiger partial charge in [-0.2, -0.15) is 0 Å². The lowest BCUT2D eigenvalue weighted by molar-refractivity contribution is -0.139. The smallest absolute Gasteiger partial charge is 0.341 e. The van der Waals surface area contributed by atoms with Crippen molar-refractivity contribution < 1.29 is 23.8 Å². The van der Waals surface area contributed by atoms with E-state index in [0.29, 0.717) is 30.0 Å². The number of carbonyl (C=O) groups is 2. The summed E-state index contributed by atoms with van der Waals surface area (Å²) >= 11 is 0. The van der Waals surface area contributed by atoms with Crippen molar-refractivity contribution in [2.24, 2.45) is 0 Å². The van der Waals surface area contributed by atoms with Crippen LogP contribution in [0.2, 0.25) is 0 Å². The molecule has 6 nitrogen and oxygen atoms in total. The molecular weight excluding hydrogens is 346 g/mol. The van der Waals surface area contributed by atoms with Crippen LogP contribution in [0.4, 0.5) is 5.69 Å². The van der Waals surface area contributed by atoms with Gasteiger partial charge in [0, 0.05) is 12.3 Å². The number of nitrogens with one attached hydrogen (secondary N) is 1. The van der Waals surface area contributed by atoms with Gasteiger partial charge in [-0.3, -0.25) is 4.79 Å². The molecule has 0 aliphatic heterocycles. The topological polar surface area (TPSA) is 73.9 Å². The lowest BCUT2D eigenvalue weighted by atomic mass is 9.99. The SMILES string of the molecule is CCC[C@@](C)(OCC)C(=O)Nc1ccc(O[C@H](C)CC)c(C(=O)OCC)c1. The third-order valence-electron chi connectivity index (χ3n) is 4.31. The van der Waals surface area contributed by atoms with Crippen LogP contribution < -0.4 is 10.1 Å². The average Bonchev–Trinajstić information content (AvgIpc) is 2.63. The van der Waals surface area contributed by atoms with Crippen LogP contribution in [0.5, 0.6) is 5.75 Å². The summed E-state index contributed by atoms with van der Waals surface area (Å²) in [6, 6.07) is 4.99. The molecule has 1 amide bonds. The summed E-state index contributed by atoms with van der Waals surface area (Å²) in [6.07, 6.45) is 2.20. The van der Waals surface area contributed by atoms with Crippen LogP contribution >= 0.6 is 0 Å². The largest absolute Gasteiger partial charge is 0.490 e. The van der Waals surface area contributed by atoms with E-state index in [1.807, 2.05) is 27.7 Å². The number of hydrogen-bond donors (Lipinski definition) is 1. The average molecular weight is 379 g/mol. The molecule has 0 unspecified atom stereocenters. The van der Waals surface area contributed by atoms with Crippen molar-refractivity contribution in [1.82, 2.24) is 0 Å². The molecule has 1 N–H and O–H groups in total. The predicted molar refractivity (Wildman–Crippen MR) is 106 cm³/mol. The van der Waals surface area contributed by atoms with E-state index >= 15 is 0 Å². The second-order valence-electron chi connectivity index (χ2n) is 6.64. The van der Waals surface area contributed by atoms with Crippen molar-refractivity contribution in [3.63, 3.8) is 0 Å². The third kappa shape index (κ3) is 6.54. The normalized spacial score (nSPS) is 14.1. The van der Waals surface area contributed by atoms with Gasteiger partial charge in [-0.15, -0.1) is 0 Å². The number of anilines is 1. The summed E-state index contributed by atoms with van der Waals surface area (Å²) in [4.78, 5) is 25.1. The predicted octanol–water partition coefficient (Wildman–Crippen LogP) is 4.57. The van der Waals surface area contributed by atoms with Crippen molar-refractivity contribution in [1.29, 1.82) is 0 Å². The van der Waals surface area contributed by atoms with E-state index in [1.165, 1.54) is 0 Å². The third-order valence-corrected chi connectivity index (χ3v) is 4.31. The van der Waals surface area contributed by atoms with Gasteiger partial charge in [0.15, 0.2) is 0 Å². The molecule has 0 aliphatic carbocycles. The molecule has 1 rings (SSSR count). The first kappa shape index (κ1) is 23.0. The minimum Gasteiger partial charge on any atom is -0.490 e. The van der Waals surface area contributed by atoms with Gasteiger partial charge in [0.2, 0.25) is 0 Å². The van der Waals surface area contributed by atoms with Crippen LogP contribution in [-0.2, 0) is 14.3 Å². The first-order chi connectivity index (χ1) is 12.8. The molecule has 0 aromatic heterocycles. The monoisotopic (exact) mass is 379 g/mol. The van der Waals surface area contributed by atoms with E-state index in [0.717, 1.165) is 12.8 Å². The molecule has 1 aromatic rings. The highest BCUT2D eigenvalue weighted by molar-refractivity contribution is 5.99. The Balaban J connectivity index is 3.12. The van der Waals surface area contributed by atoms with Crippen LogP contribution in [0.15, 0.2) is 18.2 Å². The van der Waals surface area contributed by atoms with Crippen LogP contribution in [0.3, 0.4) is 0 Å². The van der Waals surface area contributed by atoms with E-state index in [9.17, 15) is 9.59 Å². The Kier molecular flexibility index (Phi) is 9.29. The molecular formula is C21H33NO5. The Bertz CT molecular complexity index is 623. The Morgan fingerprint density at radius 2 is 1.85 bits per heavy atom. The van der Waals surface area contributed by atoms with E-state index in [1.54, 1.807) is 32.0 Å². The number of amides is 1. The van der Waals surface area contributed by atoms with Gasteiger partial charge in [0.25, 0.3) is 5.91 Å². The van der Waals surface area contributed by atoms with Crippen LogP contribution in [0.25, 0.3) is 0 Å². The zero-order valence-corrected chi connectivity index (χ0v) is 17.4. The van der Waals surface area contributed by atoms with Gasteiger partial charge in [-0.1, -0.05) is 20.3 Å². The molecule has 27 heavy (non-hydrogen) atoms. The molecule has 1 aromatic carbocycles. The molecule has 0 saturated carbocycles. The highest BCUT2D eigenvalue weighted by Gasteiger charge is 2.33. The standard InChI is InChI=1S/C21H33NO5/c1-7-13-21(6,26-10-4)20(24)22-16-11-12-18(27-15(5)8-2)17(14-16)19(23)25-9-3/h11-12,14-15H,7-10,13H2,1-6H3,(H,22,24)/t15-,21-/m1/s1. The molecule has 0 heterocycles. The molecule has 0 bridgehead atoms. The zero-order valence-electron chi connectivity index (χ0n) is 17.4. The minimum atomic E-state index is -0.917. The first-order valence-electron chi connectivity index (χ1n) is 9.74. The number of carbonyl (C=O) groups excluding carboxylic acids is 2. The number of ether oxygens (including phenoxy) is 3. The lowest BCUT2D eigenvalue weighted by Gasteiger charge is -2.28. The summed E-state index contributed by atoms with van der Waals surface area (Å²) in [5.41, 5.74) is -0.121. The maximum atomic E-state index is 12.7. The van der Waals surface area contributed by atoms with Crippen LogP contribution in [-0.4, -0.2) is 36.8 Å². The zero-order chi connectivity index (χ0) is 20.4.